The van der Waals surface area contributed by atoms with Crippen LogP contribution in [0.3, 0.4) is 0 Å². The number of benzene rings is 2. The van der Waals surface area contributed by atoms with Crippen LogP contribution in [0.4, 0.5) is 28.4 Å². The summed E-state index contributed by atoms with van der Waals surface area (Å²) in [7, 11) is 1.54. The second-order valence-corrected chi connectivity index (χ2v) is 11.1. The van der Waals surface area contributed by atoms with Crippen molar-refractivity contribution in [2.24, 2.45) is 0 Å². The lowest BCUT2D eigenvalue weighted by molar-refractivity contribution is -0.136. The maximum absolute atomic E-state index is 12.8. The molecule has 2 aromatic rings. The fraction of sp³-hybridized carbons (Fsp3) is 0.407. The number of alkyl halides is 3. The molecule has 41 heavy (non-hydrogen) atoms. The quantitative estimate of drug-likeness (QED) is 0.246. The Bertz CT molecular complexity index is 1220. The molecule has 10 nitrogen and oxygen atoms in total. The van der Waals surface area contributed by atoms with Crippen LogP contribution in [0.1, 0.15) is 55.6 Å². The van der Waals surface area contributed by atoms with Gasteiger partial charge in [0, 0.05) is 36.3 Å². The van der Waals surface area contributed by atoms with Crippen molar-refractivity contribution in [1.82, 2.24) is 15.5 Å². The van der Waals surface area contributed by atoms with Gasteiger partial charge < -0.3 is 30.7 Å². The van der Waals surface area contributed by atoms with Gasteiger partial charge in [-0.15, -0.1) is 0 Å². The highest BCUT2D eigenvalue weighted by molar-refractivity contribution is 8.00. The van der Waals surface area contributed by atoms with E-state index in [1.54, 1.807) is 40.0 Å². The van der Waals surface area contributed by atoms with Crippen molar-refractivity contribution in [2.45, 2.75) is 55.7 Å². The number of urea groups is 1. The fourth-order valence-electron chi connectivity index (χ4n) is 3.42. The molecule has 0 aliphatic carbocycles. The van der Waals surface area contributed by atoms with E-state index in [-0.39, 0.29) is 53.8 Å². The van der Waals surface area contributed by atoms with Crippen LogP contribution in [0.25, 0.3) is 0 Å². The number of anilines is 1. The van der Waals surface area contributed by atoms with Gasteiger partial charge in [-0.3, -0.25) is 9.59 Å². The van der Waals surface area contributed by atoms with Crippen molar-refractivity contribution in [1.29, 1.82) is 0 Å². The Morgan fingerprint density at radius 1 is 1.05 bits per heavy atom. The number of carboxylic acids is 1. The van der Waals surface area contributed by atoms with Gasteiger partial charge in [-0.25, -0.2) is 9.59 Å². The number of aliphatic carboxylic acids is 1. The number of hydrogen-bond acceptors (Lipinski definition) is 6. The number of rotatable bonds is 11. The molecule has 0 bridgehead atoms. The molecule has 1 unspecified atom stereocenters. The van der Waals surface area contributed by atoms with E-state index in [0.29, 0.717) is 5.56 Å². The lowest BCUT2D eigenvalue weighted by Gasteiger charge is -2.26. The zero-order chi connectivity index (χ0) is 30.8. The lowest BCUT2D eigenvalue weighted by Crippen LogP contribution is -2.38. The molecule has 0 aliphatic rings. The minimum Gasteiger partial charge on any atom is -0.481 e. The molecule has 0 radical (unpaired) electrons. The number of thioether (sulfide) groups is 1. The molecule has 0 fully saturated rings. The Morgan fingerprint density at radius 2 is 1.71 bits per heavy atom. The van der Waals surface area contributed by atoms with Gasteiger partial charge in [0.25, 0.3) is 5.91 Å². The Kier molecular flexibility index (Phi) is 11.9. The molecular weight excluding hydrogens is 565 g/mol. The predicted octanol–water partition coefficient (Wildman–Crippen LogP) is 5.62. The normalized spacial score (nSPS) is 12.2. The second kappa shape index (κ2) is 14.6. The van der Waals surface area contributed by atoms with E-state index in [2.05, 4.69) is 16.0 Å². The van der Waals surface area contributed by atoms with Gasteiger partial charge in [0.05, 0.1) is 12.5 Å². The molecular formula is C27H33F3N4O6S. The summed E-state index contributed by atoms with van der Waals surface area (Å²) in [5.74, 6) is -1.52. The van der Waals surface area contributed by atoms with Crippen LogP contribution in [0.15, 0.2) is 53.4 Å². The van der Waals surface area contributed by atoms with Crippen molar-refractivity contribution < 1.29 is 42.2 Å². The van der Waals surface area contributed by atoms with Crippen molar-refractivity contribution >= 4 is 41.5 Å². The van der Waals surface area contributed by atoms with Crippen LogP contribution in [-0.2, 0) is 9.53 Å². The highest BCUT2D eigenvalue weighted by Gasteiger charge is 2.29. The zero-order valence-corrected chi connectivity index (χ0v) is 23.8. The SMILES string of the molecule is CN(CCC(NC(=O)Nc1cccc(SC(F)(F)F)c1)c1ccc(C(=O)NCCC(=O)O)cc1)C(=O)OC(C)(C)C. The van der Waals surface area contributed by atoms with Gasteiger partial charge in [0.15, 0.2) is 0 Å². The third kappa shape index (κ3) is 12.8. The monoisotopic (exact) mass is 598 g/mol. The highest BCUT2D eigenvalue weighted by Crippen LogP contribution is 2.37. The first-order valence-electron chi connectivity index (χ1n) is 12.5. The standard InChI is InChI=1S/C27H33F3N4O6S/c1-26(2,3)40-25(39)34(4)15-13-21(17-8-10-18(11-9-17)23(37)31-14-12-22(35)36)33-24(38)32-19-6-5-7-20(16-19)41-27(28,29)30/h5-11,16,21H,12-15H2,1-4H3,(H,31,37)(H,35,36)(H2,32,33,38). The number of hydrogen-bond donors (Lipinski definition) is 4. The Balaban J connectivity index is 2.16. The third-order valence-corrected chi connectivity index (χ3v) is 6.01. The number of carbonyl (C=O) groups excluding carboxylic acids is 3. The molecule has 2 aromatic carbocycles. The number of ether oxygens (including phenoxy) is 1. The highest BCUT2D eigenvalue weighted by atomic mass is 32.2. The first-order chi connectivity index (χ1) is 19.0. The number of halogens is 3. The number of carbonyl (C=O) groups is 4. The molecule has 0 heterocycles. The maximum atomic E-state index is 12.8. The fourth-order valence-corrected chi connectivity index (χ4v) is 4.02. The van der Waals surface area contributed by atoms with Crippen LogP contribution >= 0.6 is 11.8 Å². The molecule has 0 spiro atoms. The summed E-state index contributed by atoms with van der Waals surface area (Å²) >= 11 is -0.302. The summed E-state index contributed by atoms with van der Waals surface area (Å²) < 4.78 is 43.6. The average Bonchev–Trinajstić information content (AvgIpc) is 2.84. The van der Waals surface area contributed by atoms with Crippen LogP contribution < -0.4 is 16.0 Å². The van der Waals surface area contributed by atoms with Crippen LogP contribution in [0, 0.1) is 0 Å². The number of nitrogens with one attached hydrogen (secondary N) is 3. The number of carboxylic acid groups (broad SMARTS) is 1. The van der Waals surface area contributed by atoms with Gasteiger partial charge in [-0.05, 0) is 74.8 Å². The van der Waals surface area contributed by atoms with Gasteiger partial charge in [-0.1, -0.05) is 18.2 Å². The predicted molar refractivity (Wildman–Crippen MR) is 148 cm³/mol. The summed E-state index contributed by atoms with van der Waals surface area (Å²) in [6.45, 7) is 5.33. The van der Waals surface area contributed by atoms with Crippen LogP contribution in [-0.4, -0.2) is 65.3 Å². The number of nitrogens with zero attached hydrogens (tertiary/aromatic N) is 1. The van der Waals surface area contributed by atoms with Crippen molar-refractivity contribution in [2.75, 3.05) is 25.5 Å². The summed E-state index contributed by atoms with van der Waals surface area (Å²) in [6.07, 6.45) is -0.557. The smallest absolute Gasteiger partial charge is 0.446 e. The molecule has 0 saturated carbocycles. The summed E-state index contributed by atoms with van der Waals surface area (Å²) in [4.78, 5) is 49.4. The Morgan fingerprint density at radius 3 is 2.29 bits per heavy atom. The van der Waals surface area contributed by atoms with Crippen molar-refractivity contribution in [3.63, 3.8) is 0 Å². The molecule has 14 heteroatoms. The van der Waals surface area contributed by atoms with Crippen molar-refractivity contribution in [3.8, 4) is 0 Å². The lowest BCUT2D eigenvalue weighted by atomic mass is 10.0. The largest absolute Gasteiger partial charge is 0.481 e. The van der Waals surface area contributed by atoms with E-state index in [1.165, 1.54) is 41.3 Å². The van der Waals surface area contributed by atoms with E-state index in [4.69, 9.17) is 9.84 Å². The topological polar surface area (TPSA) is 137 Å². The minimum absolute atomic E-state index is 0.0417. The van der Waals surface area contributed by atoms with E-state index in [0.717, 1.165) is 0 Å². The maximum Gasteiger partial charge on any atom is 0.446 e. The molecule has 0 aliphatic heterocycles. The van der Waals surface area contributed by atoms with Crippen molar-refractivity contribution in [3.05, 3.63) is 59.7 Å². The molecule has 0 aromatic heterocycles. The first kappa shape index (κ1) is 33.3. The summed E-state index contributed by atoms with van der Waals surface area (Å²) in [5, 5.41) is 16.5. The Hall–Kier alpha value is -3.94. The first-order valence-corrected chi connectivity index (χ1v) is 13.3. The zero-order valence-electron chi connectivity index (χ0n) is 23.0. The molecule has 4 amide bonds. The minimum atomic E-state index is -4.48. The van der Waals surface area contributed by atoms with Crippen LogP contribution in [0.5, 0.6) is 0 Å². The van der Waals surface area contributed by atoms with E-state index < -0.39 is 41.2 Å². The van der Waals surface area contributed by atoms with Gasteiger partial charge >= 0.3 is 23.6 Å². The summed E-state index contributed by atoms with van der Waals surface area (Å²) in [5.41, 5.74) is -4.18. The average molecular weight is 599 g/mol. The third-order valence-electron chi connectivity index (χ3n) is 5.29. The van der Waals surface area contributed by atoms with E-state index in [1.807, 2.05) is 0 Å². The molecule has 2 rings (SSSR count). The second-order valence-electron chi connectivity index (χ2n) is 9.94. The Labute approximate surface area is 240 Å². The molecule has 224 valence electrons. The van der Waals surface area contributed by atoms with E-state index in [9.17, 15) is 32.3 Å². The molecule has 4 N–H and O–H groups in total. The summed E-state index contributed by atoms with van der Waals surface area (Å²) in [6, 6.07) is 10.2. The van der Waals surface area contributed by atoms with Gasteiger partial charge in [0.1, 0.15) is 5.60 Å². The van der Waals surface area contributed by atoms with Gasteiger partial charge in [0.2, 0.25) is 0 Å². The molecule has 1 atom stereocenters. The van der Waals surface area contributed by atoms with E-state index >= 15 is 0 Å². The van der Waals surface area contributed by atoms with Gasteiger partial charge in [-0.2, -0.15) is 13.2 Å². The molecule has 0 saturated heterocycles. The van der Waals surface area contributed by atoms with Crippen LogP contribution in [0.2, 0.25) is 0 Å². The number of amides is 4.